The Bertz CT molecular complexity index is 550. The summed E-state index contributed by atoms with van der Waals surface area (Å²) in [7, 11) is 1.83. The van der Waals surface area contributed by atoms with Crippen molar-refractivity contribution in [3.8, 4) is 0 Å². The number of anilines is 2. The fraction of sp³-hybridized carbons (Fsp3) is 0.250. The topological polar surface area (TPSA) is 81.1 Å². The summed E-state index contributed by atoms with van der Waals surface area (Å²) in [5.41, 5.74) is 3.58. The molecule has 0 unspecified atom stereocenters. The molecule has 0 bridgehead atoms. The Hall–Kier alpha value is -2.41. The number of hydroxylamine groups is 1. The quantitative estimate of drug-likeness (QED) is 0.791. The third-order valence-corrected chi connectivity index (χ3v) is 2.31. The number of pyridine rings is 1. The van der Waals surface area contributed by atoms with E-state index < -0.39 is 0 Å². The molecule has 0 atom stereocenters. The van der Waals surface area contributed by atoms with Crippen LogP contribution in [0.4, 0.5) is 11.5 Å². The average Bonchev–Trinajstić information content (AvgIpc) is 2.82. The molecule has 0 spiro atoms. The minimum Gasteiger partial charge on any atom is -0.338 e. The zero-order valence-corrected chi connectivity index (χ0v) is 10.8. The number of hydrogen-bond acceptors (Lipinski definition) is 5. The summed E-state index contributed by atoms with van der Waals surface area (Å²) < 4.78 is 1.69. The first-order chi connectivity index (χ1) is 9.19. The number of amides is 1. The lowest BCUT2D eigenvalue weighted by atomic mass is 10.3. The second-order valence-electron chi connectivity index (χ2n) is 3.82. The monoisotopic (exact) mass is 261 g/mol. The van der Waals surface area contributed by atoms with Gasteiger partial charge in [-0.25, -0.2) is 10.5 Å². The van der Waals surface area contributed by atoms with E-state index in [4.69, 9.17) is 4.84 Å². The second kappa shape index (κ2) is 5.96. The largest absolute Gasteiger partial charge is 0.338 e. The molecule has 0 radical (unpaired) electrons. The number of carbonyl (C=O) groups excluding carboxylic acids is 1. The van der Waals surface area contributed by atoms with Gasteiger partial charge >= 0.3 is 0 Å². The molecule has 100 valence electrons. The number of nitrogens with zero attached hydrogens (tertiary/aromatic N) is 3. The number of rotatable bonds is 5. The Morgan fingerprint density at radius 2 is 2.26 bits per heavy atom. The first kappa shape index (κ1) is 13.0. The van der Waals surface area contributed by atoms with Crippen molar-refractivity contribution >= 4 is 17.4 Å². The van der Waals surface area contributed by atoms with Gasteiger partial charge in [-0.05, 0) is 19.1 Å². The maximum atomic E-state index is 11.6. The van der Waals surface area contributed by atoms with Crippen LogP contribution in [0.5, 0.6) is 0 Å². The van der Waals surface area contributed by atoms with Crippen molar-refractivity contribution in [2.45, 2.75) is 6.92 Å². The smallest absolute Gasteiger partial charge is 0.276 e. The van der Waals surface area contributed by atoms with Crippen molar-refractivity contribution < 1.29 is 9.63 Å². The van der Waals surface area contributed by atoms with Crippen molar-refractivity contribution in [1.29, 1.82) is 0 Å². The summed E-state index contributed by atoms with van der Waals surface area (Å²) in [6, 6.07) is 3.38. The number of carbonyl (C=O) groups is 1. The average molecular weight is 261 g/mol. The minimum atomic E-state index is -0.317. The van der Waals surface area contributed by atoms with Gasteiger partial charge in [-0.1, -0.05) is 0 Å². The third kappa shape index (κ3) is 3.52. The SMILES string of the molecule is CCONC(=O)c1ccc(Nc2cnn(C)c2)nc1. The highest BCUT2D eigenvalue weighted by Gasteiger charge is 2.06. The number of hydrogen-bond donors (Lipinski definition) is 2. The van der Waals surface area contributed by atoms with Gasteiger partial charge in [0.15, 0.2) is 0 Å². The van der Waals surface area contributed by atoms with E-state index in [1.54, 1.807) is 29.9 Å². The highest BCUT2D eigenvalue weighted by molar-refractivity contribution is 5.93. The van der Waals surface area contributed by atoms with E-state index in [1.807, 2.05) is 13.2 Å². The first-order valence-electron chi connectivity index (χ1n) is 5.83. The molecule has 2 heterocycles. The van der Waals surface area contributed by atoms with Gasteiger partial charge in [-0.2, -0.15) is 5.10 Å². The van der Waals surface area contributed by atoms with Crippen molar-refractivity contribution in [2.75, 3.05) is 11.9 Å². The molecule has 0 aliphatic rings. The van der Waals surface area contributed by atoms with Crippen LogP contribution in [0.2, 0.25) is 0 Å². The lowest BCUT2D eigenvalue weighted by Crippen LogP contribution is -2.23. The molecule has 2 N–H and O–H groups in total. The van der Waals surface area contributed by atoms with Gasteiger partial charge in [0.05, 0.1) is 24.1 Å². The van der Waals surface area contributed by atoms with Crippen molar-refractivity contribution in [1.82, 2.24) is 20.2 Å². The van der Waals surface area contributed by atoms with Crippen LogP contribution in [-0.2, 0) is 11.9 Å². The fourth-order valence-corrected chi connectivity index (χ4v) is 1.43. The summed E-state index contributed by atoms with van der Waals surface area (Å²) >= 11 is 0. The zero-order chi connectivity index (χ0) is 13.7. The van der Waals surface area contributed by atoms with Gasteiger partial charge in [0.1, 0.15) is 5.82 Å². The predicted octanol–water partition coefficient (Wildman–Crippen LogP) is 1.24. The molecule has 0 fully saturated rings. The fourth-order valence-electron chi connectivity index (χ4n) is 1.43. The maximum Gasteiger partial charge on any atom is 0.276 e. The van der Waals surface area contributed by atoms with Gasteiger partial charge in [0, 0.05) is 19.4 Å². The molecule has 1 amide bonds. The van der Waals surface area contributed by atoms with Crippen LogP contribution >= 0.6 is 0 Å². The van der Waals surface area contributed by atoms with E-state index in [-0.39, 0.29) is 5.91 Å². The van der Waals surface area contributed by atoms with Gasteiger partial charge in [0.25, 0.3) is 5.91 Å². The van der Waals surface area contributed by atoms with Crippen LogP contribution in [0.3, 0.4) is 0 Å². The van der Waals surface area contributed by atoms with Gasteiger partial charge in [-0.3, -0.25) is 14.3 Å². The van der Waals surface area contributed by atoms with Crippen molar-refractivity contribution in [3.63, 3.8) is 0 Å². The number of nitrogens with one attached hydrogen (secondary N) is 2. The summed E-state index contributed by atoms with van der Waals surface area (Å²) in [6.07, 6.45) is 5.00. The summed E-state index contributed by atoms with van der Waals surface area (Å²) in [4.78, 5) is 20.5. The summed E-state index contributed by atoms with van der Waals surface area (Å²) in [6.45, 7) is 2.21. The van der Waals surface area contributed by atoms with E-state index in [9.17, 15) is 4.79 Å². The van der Waals surface area contributed by atoms with Crippen LogP contribution in [0, 0.1) is 0 Å². The van der Waals surface area contributed by atoms with Gasteiger partial charge < -0.3 is 5.32 Å². The van der Waals surface area contributed by atoms with Crippen LogP contribution in [0.15, 0.2) is 30.7 Å². The normalized spacial score (nSPS) is 10.2. The second-order valence-corrected chi connectivity index (χ2v) is 3.82. The zero-order valence-electron chi connectivity index (χ0n) is 10.8. The van der Waals surface area contributed by atoms with E-state index in [0.29, 0.717) is 18.0 Å². The Labute approximate surface area is 110 Å². The van der Waals surface area contributed by atoms with Crippen molar-refractivity contribution in [3.05, 3.63) is 36.3 Å². The minimum absolute atomic E-state index is 0.317. The Balaban J connectivity index is 2.00. The standard InChI is InChI=1S/C12H15N5O2/c1-3-19-16-12(18)9-4-5-11(13-6-9)15-10-7-14-17(2)8-10/h4-8H,3H2,1-2H3,(H,13,15)(H,16,18). The Morgan fingerprint density at radius 1 is 1.42 bits per heavy atom. The molecule has 19 heavy (non-hydrogen) atoms. The van der Waals surface area contributed by atoms with Crippen LogP contribution in [0.25, 0.3) is 0 Å². The summed E-state index contributed by atoms with van der Waals surface area (Å²) in [5.74, 6) is 0.322. The van der Waals surface area contributed by atoms with E-state index in [0.717, 1.165) is 5.69 Å². The highest BCUT2D eigenvalue weighted by Crippen LogP contribution is 2.13. The third-order valence-electron chi connectivity index (χ3n) is 2.31. The van der Waals surface area contributed by atoms with E-state index in [2.05, 4.69) is 20.9 Å². The molecule has 2 aromatic heterocycles. The van der Waals surface area contributed by atoms with Gasteiger partial charge in [0.2, 0.25) is 0 Å². The number of aryl methyl sites for hydroxylation is 1. The Kier molecular flexibility index (Phi) is 4.09. The molecule has 2 rings (SSSR count). The predicted molar refractivity (Wildman–Crippen MR) is 69.8 cm³/mol. The first-order valence-corrected chi connectivity index (χ1v) is 5.83. The molecule has 7 nitrogen and oxygen atoms in total. The molecule has 0 aliphatic heterocycles. The molecular weight excluding hydrogens is 246 g/mol. The molecule has 0 aromatic carbocycles. The summed E-state index contributed by atoms with van der Waals surface area (Å²) in [5, 5.41) is 7.11. The molecule has 7 heteroatoms. The highest BCUT2D eigenvalue weighted by atomic mass is 16.6. The van der Waals surface area contributed by atoms with E-state index >= 15 is 0 Å². The lowest BCUT2D eigenvalue weighted by Gasteiger charge is -2.05. The Morgan fingerprint density at radius 3 is 2.84 bits per heavy atom. The molecule has 0 aliphatic carbocycles. The van der Waals surface area contributed by atoms with Gasteiger partial charge in [-0.15, -0.1) is 0 Å². The van der Waals surface area contributed by atoms with Crippen molar-refractivity contribution in [2.24, 2.45) is 7.05 Å². The van der Waals surface area contributed by atoms with Crippen LogP contribution in [-0.4, -0.2) is 27.3 Å². The molecule has 0 saturated carbocycles. The lowest BCUT2D eigenvalue weighted by molar-refractivity contribution is 0.0364. The maximum absolute atomic E-state index is 11.6. The number of aromatic nitrogens is 3. The molecule has 2 aromatic rings. The van der Waals surface area contributed by atoms with Crippen LogP contribution < -0.4 is 10.8 Å². The molecule has 0 saturated heterocycles. The van der Waals surface area contributed by atoms with E-state index in [1.165, 1.54) is 6.20 Å². The van der Waals surface area contributed by atoms with Crippen LogP contribution in [0.1, 0.15) is 17.3 Å². The molecular formula is C12H15N5O2.